The zero-order valence-corrected chi connectivity index (χ0v) is 20.4. The van der Waals surface area contributed by atoms with Gasteiger partial charge in [0, 0.05) is 23.6 Å². The average molecular weight is 472 g/mol. The Hall–Kier alpha value is -2.55. The molecule has 2 saturated heterocycles. The fourth-order valence-electron chi connectivity index (χ4n) is 5.07. The number of amides is 1. The van der Waals surface area contributed by atoms with Gasteiger partial charge in [0.1, 0.15) is 5.75 Å². The summed E-state index contributed by atoms with van der Waals surface area (Å²) >= 11 is 1.39. The van der Waals surface area contributed by atoms with Crippen LogP contribution in [0.4, 0.5) is 10.5 Å². The van der Waals surface area contributed by atoms with Gasteiger partial charge in [-0.3, -0.25) is 10.1 Å². The van der Waals surface area contributed by atoms with Gasteiger partial charge in [0.05, 0.1) is 0 Å². The number of carbonyl (C=O) groups is 2. The first kappa shape index (κ1) is 23.6. The first-order chi connectivity index (χ1) is 15.4. The van der Waals surface area contributed by atoms with Gasteiger partial charge in [-0.1, -0.05) is 76.7 Å². The minimum Gasteiger partial charge on any atom is -0.434 e. The van der Waals surface area contributed by atoms with Crippen LogP contribution in [0.1, 0.15) is 47.1 Å². The normalized spacial score (nSPS) is 27.8. The Labute approximate surface area is 198 Å². The van der Waals surface area contributed by atoms with Gasteiger partial charge in [0.25, 0.3) is 0 Å². The summed E-state index contributed by atoms with van der Waals surface area (Å²) < 4.78 is 11.2. The van der Waals surface area contributed by atoms with Crippen molar-refractivity contribution < 1.29 is 28.8 Å². The molecule has 2 heterocycles. The molecule has 0 bridgehead atoms. The van der Waals surface area contributed by atoms with Crippen molar-refractivity contribution in [1.82, 2.24) is 0 Å². The van der Waals surface area contributed by atoms with Crippen LogP contribution < -0.4 is 10.1 Å². The van der Waals surface area contributed by atoms with E-state index in [0.717, 1.165) is 5.56 Å². The second kappa shape index (κ2) is 8.04. The third-order valence-electron chi connectivity index (χ3n) is 6.28. The quantitative estimate of drug-likeness (QED) is 0.340. The van der Waals surface area contributed by atoms with Crippen LogP contribution in [0.2, 0.25) is 0 Å². The van der Waals surface area contributed by atoms with Crippen molar-refractivity contribution in [2.45, 2.75) is 57.5 Å². The molecule has 2 fully saturated rings. The van der Waals surface area contributed by atoms with Crippen LogP contribution in [-0.2, 0) is 24.2 Å². The molecular formula is C25H29NO6S. The second-order valence-electron chi connectivity index (χ2n) is 9.90. The zero-order valence-electron chi connectivity index (χ0n) is 19.6. The molecule has 3 unspecified atom stereocenters. The lowest BCUT2D eigenvalue weighted by atomic mass is 9.57. The number of benzene rings is 2. The molecule has 1 amide bonds. The van der Waals surface area contributed by atoms with Gasteiger partial charge < -0.3 is 9.47 Å². The van der Waals surface area contributed by atoms with E-state index in [4.69, 9.17) is 19.2 Å². The first-order valence-electron chi connectivity index (χ1n) is 10.8. The number of nitrogens with one attached hydrogen (secondary N) is 1. The van der Waals surface area contributed by atoms with E-state index in [1.54, 1.807) is 30.3 Å². The van der Waals surface area contributed by atoms with E-state index in [0.29, 0.717) is 11.4 Å². The molecule has 4 rings (SSSR count). The number of carbonyl (C=O) groups excluding carboxylic acids is 2. The summed E-state index contributed by atoms with van der Waals surface area (Å²) in [5.41, 5.74) is -1.04. The number of hydrogen-bond acceptors (Lipinski definition) is 7. The van der Waals surface area contributed by atoms with Crippen molar-refractivity contribution >= 4 is 29.5 Å². The maximum atomic E-state index is 12.8. The Kier molecular flexibility index (Phi) is 5.75. The smallest absolute Gasteiger partial charge is 0.412 e. The predicted octanol–water partition coefficient (Wildman–Crippen LogP) is 5.86. The predicted molar refractivity (Wildman–Crippen MR) is 125 cm³/mol. The van der Waals surface area contributed by atoms with Gasteiger partial charge in [-0.2, -0.15) is 0 Å². The van der Waals surface area contributed by atoms with Gasteiger partial charge in [-0.05, 0) is 29.7 Å². The summed E-state index contributed by atoms with van der Waals surface area (Å²) in [6, 6.07) is 16.3. The topological polar surface area (TPSA) is 83.1 Å². The fourth-order valence-corrected chi connectivity index (χ4v) is 7.07. The summed E-state index contributed by atoms with van der Waals surface area (Å²) in [6.07, 6.45) is -0.555. The standard InChI is InChI=1S/C25H29NO6S/c1-16(27)29-19-14-10-11-17(15-19)24-25(32-31-24,22(2,3)4)23(5,6)20(33-24)30-21(28)26-18-12-8-7-9-13-18/h7-15,20H,1-6H3,(H,26,28). The maximum Gasteiger partial charge on any atom is 0.412 e. The molecule has 8 heteroatoms. The maximum absolute atomic E-state index is 12.8. The van der Waals surface area contributed by atoms with Crippen LogP contribution in [-0.4, -0.2) is 23.1 Å². The molecule has 2 aromatic rings. The molecule has 2 aliphatic rings. The van der Waals surface area contributed by atoms with E-state index in [9.17, 15) is 9.59 Å². The summed E-state index contributed by atoms with van der Waals surface area (Å²) in [4.78, 5) is 35.2. The summed E-state index contributed by atoms with van der Waals surface area (Å²) in [5.74, 6) is 0.00740. The van der Waals surface area contributed by atoms with Crippen LogP contribution in [0, 0.1) is 10.8 Å². The first-order valence-corrected chi connectivity index (χ1v) is 11.7. The summed E-state index contributed by atoms with van der Waals surface area (Å²) in [7, 11) is 0. The number of esters is 1. The van der Waals surface area contributed by atoms with Gasteiger partial charge >= 0.3 is 12.1 Å². The van der Waals surface area contributed by atoms with Crippen LogP contribution in [0.5, 0.6) is 5.75 Å². The minimum absolute atomic E-state index is 0.396. The van der Waals surface area contributed by atoms with Crippen LogP contribution in [0.15, 0.2) is 54.6 Å². The number of anilines is 1. The molecule has 0 aliphatic carbocycles. The molecule has 7 nitrogen and oxygen atoms in total. The lowest BCUT2D eigenvalue weighted by molar-refractivity contribution is -0.568. The number of fused-ring (bicyclic) bond motifs is 1. The van der Waals surface area contributed by atoms with Gasteiger partial charge in [-0.25, -0.2) is 14.6 Å². The highest BCUT2D eigenvalue weighted by molar-refractivity contribution is 8.01. The van der Waals surface area contributed by atoms with E-state index in [1.807, 2.05) is 38.1 Å². The van der Waals surface area contributed by atoms with E-state index < -0.39 is 38.9 Å². The zero-order chi connectivity index (χ0) is 24.1. The molecule has 176 valence electrons. The Bertz CT molecular complexity index is 1070. The Morgan fingerprint density at radius 2 is 1.73 bits per heavy atom. The minimum atomic E-state index is -0.970. The molecule has 0 radical (unpaired) electrons. The van der Waals surface area contributed by atoms with Crippen LogP contribution in [0.25, 0.3) is 0 Å². The van der Waals surface area contributed by atoms with Crippen molar-refractivity contribution in [1.29, 1.82) is 0 Å². The molecule has 1 N–H and O–H groups in total. The van der Waals surface area contributed by atoms with Crippen molar-refractivity contribution in [3.05, 3.63) is 60.2 Å². The van der Waals surface area contributed by atoms with E-state index >= 15 is 0 Å². The van der Waals surface area contributed by atoms with E-state index in [2.05, 4.69) is 26.1 Å². The van der Waals surface area contributed by atoms with Crippen molar-refractivity contribution in [3.63, 3.8) is 0 Å². The monoisotopic (exact) mass is 471 g/mol. The lowest BCUT2D eigenvalue weighted by Gasteiger charge is -2.62. The highest BCUT2D eigenvalue weighted by atomic mass is 32.2. The van der Waals surface area contributed by atoms with Gasteiger partial charge in [-0.15, -0.1) is 0 Å². The Morgan fingerprint density at radius 1 is 1.03 bits per heavy atom. The molecule has 0 saturated carbocycles. The fraction of sp³-hybridized carbons (Fsp3) is 0.440. The molecule has 0 aromatic heterocycles. The average Bonchev–Trinajstić information content (AvgIpc) is 2.82. The number of ether oxygens (including phenoxy) is 2. The Morgan fingerprint density at radius 3 is 2.30 bits per heavy atom. The SMILES string of the molecule is CC(=O)Oc1cccc(C23OOC2(C(C)(C)C)C(C)(C)C(OC(=O)Nc2ccccc2)S3)c1. The molecule has 2 aromatic carbocycles. The lowest BCUT2D eigenvalue weighted by Crippen LogP contribution is -2.72. The molecule has 33 heavy (non-hydrogen) atoms. The van der Waals surface area contributed by atoms with Gasteiger partial charge in [0.15, 0.2) is 11.0 Å². The van der Waals surface area contributed by atoms with Crippen LogP contribution >= 0.6 is 11.8 Å². The molecule has 3 atom stereocenters. The Balaban J connectivity index is 1.70. The molecule has 2 aliphatic heterocycles. The van der Waals surface area contributed by atoms with Crippen molar-refractivity contribution in [2.24, 2.45) is 10.8 Å². The number of hydrogen-bond donors (Lipinski definition) is 1. The summed E-state index contributed by atoms with van der Waals surface area (Å²) in [6.45, 7) is 11.6. The van der Waals surface area contributed by atoms with E-state index in [1.165, 1.54) is 18.7 Å². The summed E-state index contributed by atoms with van der Waals surface area (Å²) in [5, 5.41) is 2.78. The third kappa shape index (κ3) is 3.61. The number of rotatable bonds is 4. The van der Waals surface area contributed by atoms with Crippen LogP contribution in [0.3, 0.4) is 0 Å². The van der Waals surface area contributed by atoms with Gasteiger partial charge in [0.2, 0.25) is 4.93 Å². The van der Waals surface area contributed by atoms with E-state index in [-0.39, 0.29) is 0 Å². The highest BCUT2D eigenvalue weighted by Crippen LogP contribution is 2.76. The molecular weight excluding hydrogens is 442 g/mol. The highest BCUT2D eigenvalue weighted by Gasteiger charge is 2.84. The van der Waals surface area contributed by atoms with Crippen molar-refractivity contribution in [3.8, 4) is 5.75 Å². The second-order valence-corrected chi connectivity index (χ2v) is 11.1. The number of thioether (sulfide) groups is 1. The molecule has 0 spiro atoms. The number of para-hydroxylation sites is 1. The van der Waals surface area contributed by atoms with Crippen molar-refractivity contribution in [2.75, 3.05) is 5.32 Å². The third-order valence-corrected chi connectivity index (χ3v) is 8.11. The largest absolute Gasteiger partial charge is 0.434 e.